The fourth-order valence-electron chi connectivity index (χ4n) is 2.48. The van der Waals surface area contributed by atoms with Crippen LogP contribution in [0.25, 0.3) is 22.0 Å². The Balaban J connectivity index is 2.12. The number of hydrogen-bond acceptors (Lipinski definition) is 3. The summed E-state index contributed by atoms with van der Waals surface area (Å²) in [5.74, 6) is 6.63. The van der Waals surface area contributed by atoms with Crippen LogP contribution in [0.5, 0.6) is 0 Å². The zero-order chi connectivity index (χ0) is 16.2. The highest BCUT2D eigenvalue weighted by Crippen LogP contribution is 2.30. The van der Waals surface area contributed by atoms with Crippen molar-refractivity contribution in [2.24, 2.45) is 5.92 Å². The summed E-state index contributed by atoms with van der Waals surface area (Å²) in [7, 11) is 1.71. The van der Waals surface area contributed by atoms with Crippen molar-refractivity contribution in [1.82, 2.24) is 19.7 Å². The standard InChI is InChI=1S/C18H20N4O/c1-13(2)4-5-15-8-16-17(14-9-20-21-10-14)12-22(6-7-23-3)18(16)11-19-15/h8-13H,6-7H2,1-3H3,(H,20,21). The predicted molar refractivity (Wildman–Crippen MR) is 90.9 cm³/mol. The molecule has 5 nitrogen and oxygen atoms in total. The molecule has 0 radical (unpaired) electrons. The van der Waals surface area contributed by atoms with Gasteiger partial charge >= 0.3 is 0 Å². The van der Waals surface area contributed by atoms with Crippen molar-refractivity contribution in [2.75, 3.05) is 13.7 Å². The first-order valence-corrected chi connectivity index (χ1v) is 7.67. The minimum atomic E-state index is 0.326. The maximum atomic E-state index is 5.20. The molecule has 0 amide bonds. The van der Waals surface area contributed by atoms with Gasteiger partial charge in [0.2, 0.25) is 0 Å². The first kappa shape index (κ1) is 15.3. The lowest BCUT2D eigenvalue weighted by molar-refractivity contribution is 0.188. The fourth-order valence-corrected chi connectivity index (χ4v) is 2.48. The lowest BCUT2D eigenvalue weighted by atomic mass is 10.1. The molecule has 5 heteroatoms. The maximum Gasteiger partial charge on any atom is 0.113 e. The molecule has 1 N–H and O–H groups in total. The van der Waals surface area contributed by atoms with E-state index in [9.17, 15) is 0 Å². The molecule has 0 atom stereocenters. The summed E-state index contributed by atoms with van der Waals surface area (Å²) in [5.41, 5.74) is 4.05. The highest BCUT2D eigenvalue weighted by atomic mass is 16.5. The van der Waals surface area contributed by atoms with E-state index in [0.29, 0.717) is 12.5 Å². The Bertz CT molecular complexity index is 850. The fraction of sp³-hybridized carbons (Fsp3) is 0.333. The summed E-state index contributed by atoms with van der Waals surface area (Å²) >= 11 is 0. The van der Waals surface area contributed by atoms with Gasteiger partial charge in [-0.2, -0.15) is 5.10 Å². The number of methoxy groups -OCH3 is 1. The summed E-state index contributed by atoms with van der Waals surface area (Å²) in [4.78, 5) is 4.48. The average molecular weight is 308 g/mol. The van der Waals surface area contributed by atoms with Crippen molar-refractivity contribution in [2.45, 2.75) is 20.4 Å². The highest BCUT2D eigenvalue weighted by molar-refractivity contribution is 5.96. The molecule has 0 fully saturated rings. The number of pyridine rings is 1. The van der Waals surface area contributed by atoms with Crippen LogP contribution < -0.4 is 0 Å². The van der Waals surface area contributed by atoms with Gasteiger partial charge < -0.3 is 9.30 Å². The zero-order valence-corrected chi connectivity index (χ0v) is 13.6. The quantitative estimate of drug-likeness (QED) is 0.754. The summed E-state index contributed by atoms with van der Waals surface area (Å²) in [5, 5.41) is 8.06. The van der Waals surface area contributed by atoms with Crippen LogP contribution in [0.3, 0.4) is 0 Å². The Morgan fingerprint density at radius 3 is 2.91 bits per heavy atom. The van der Waals surface area contributed by atoms with Gasteiger partial charge in [-0.1, -0.05) is 19.8 Å². The molecular weight excluding hydrogens is 288 g/mol. The molecule has 0 aliphatic rings. The van der Waals surface area contributed by atoms with E-state index in [4.69, 9.17) is 4.74 Å². The molecule has 3 aromatic rings. The zero-order valence-electron chi connectivity index (χ0n) is 13.6. The van der Waals surface area contributed by atoms with Gasteiger partial charge in [0.05, 0.1) is 24.5 Å². The van der Waals surface area contributed by atoms with Gasteiger partial charge in [-0.05, 0) is 12.0 Å². The van der Waals surface area contributed by atoms with Gasteiger partial charge in [0, 0.05) is 48.5 Å². The number of H-pyrrole nitrogens is 1. The van der Waals surface area contributed by atoms with Crippen LogP contribution in [0, 0.1) is 17.8 Å². The SMILES string of the molecule is COCCn1cc(-c2cn[nH]c2)c2cc(C#CC(C)C)ncc21. The number of ether oxygens (including phenoxy) is 1. The van der Waals surface area contributed by atoms with E-state index < -0.39 is 0 Å². The number of rotatable bonds is 4. The van der Waals surface area contributed by atoms with Crippen molar-refractivity contribution >= 4 is 10.9 Å². The summed E-state index contributed by atoms with van der Waals surface area (Å²) in [6, 6.07) is 2.05. The second kappa shape index (κ2) is 6.67. The molecule has 118 valence electrons. The van der Waals surface area contributed by atoms with Gasteiger partial charge in [0.25, 0.3) is 0 Å². The van der Waals surface area contributed by atoms with E-state index in [-0.39, 0.29) is 0 Å². The van der Waals surface area contributed by atoms with Crippen LogP contribution in [0.2, 0.25) is 0 Å². The van der Waals surface area contributed by atoms with Gasteiger partial charge in [-0.15, -0.1) is 0 Å². The number of hydrogen-bond donors (Lipinski definition) is 1. The van der Waals surface area contributed by atoms with Gasteiger partial charge in [-0.25, -0.2) is 4.98 Å². The molecule has 3 heterocycles. The molecular formula is C18H20N4O. The largest absolute Gasteiger partial charge is 0.383 e. The first-order valence-electron chi connectivity index (χ1n) is 7.67. The third kappa shape index (κ3) is 3.27. The number of nitrogens with zero attached hydrogens (tertiary/aromatic N) is 3. The number of fused-ring (bicyclic) bond motifs is 1. The molecule has 0 bridgehead atoms. The van der Waals surface area contributed by atoms with Crippen LogP contribution in [-0.4, -0.2) is 33.5 Å². The van der Waals surface area contributed by atoms with Crippen LogP contribution in [-0.2, 0) is 11.3 Å². The second-order valence-corrected chi connectivity index (χ2v) is 5.73. The molecule has 0 aliphatic carbocycles. The normalized spacial score (nSPS) is 11.0. The molecule has 0 spiro atoms. The second-order valence-electron chi connectivity index (χ2n) is 5.73. The van der Waals surface area contributed by atoms with Gasteiger partial charge in [0.15, 0.2) is 0 Å². The van der Waals surface area contributed by atoms with Crippen LogP contribution in [0.15, 0.2) is 30.9 Å². The van der Waals surface area contributed by atoms with E-state index in [1.165, 1.54) is 0 Å². The Morgan fingerprint density at radius 2 is 2.22 bits per heavy atom. The average Bonchev–Trinajstić information content (AvgIpc) is 3.18. The molecule has 0 aliphatic heterocycles. The summed E-state index contributed by atoms with van der Waals surface area (Å²) in [6.07, 6.45) is 7.74. The van der Waals surface area contributed by atoms with E-state index in [2.05, 4.69) is 57.7 Å². The van der Waals surface area contributed by atoms with Crippen LogP contribution >= 0.6 is 0 Å². The van der Waals surface area contributed by atoms with Crippen molar-refractivity contribution in [3.8, 4) is 23.0 Å². The molecule has 0 saturated heterocycles. The maximum absolute atomic E-state index is 5.20. The van der Waals surface area contributed by atoms with Crippen molar-refractivity contribution < 1.29 is 4.74 Å². The third-order valence-corrected chi connectivity index (χ3v) is 3.60. The molecule has 0 unspecified atom stereocenters. The van der Waals surface area contributed by atoms with Crippen LogP contribution in [0.4, 0.5) is 0 Å². The topological polar surface area (TPSA) is 55.7 Å². The summed E-state index contributed by atoms with van der Waals surface area (Å²) < 4.78 is 7.36. The van der Waals surface area contributed by atoms with Gasteiger partial charge in [-0.3, -0.25) is 5.10 Å². The van der Waals surface area contributed by atoms with E-state index in [0.717, 1.165) is 34.3 Å². The highest BCUT2D eigenvalue weighted by Gasteiger charge is 2.12. The smallest absolute Gasteiger partial charge is 0.113 e. The minimum Gasteiger partial charge on any atom is -0.383 e. The molecule has 0 saturated carbocycles. The first-order chi connectivity index (χ1) is 11.2. The number of nitrogens with one attached hydrogen (secondary N) is 1. The van der Waals surface area contributed by atoms with E-state index >= 15 is 0 Å². The van der Waals surface area contributed by atoms with Crippen LogP contribution in [0.1, 0.15) is 19.5 Å². The van der Waals surface area contributed by atoms with Gasteiger partial charge in [0.1, 0.15) is 5.69 Å². The van der Waals surface area contributed by atoms with E-state index in [1.54, 1.807) is 7.11 Å². The molecule has 3 aromatic heterocycles. The Morgan fingerprint density at radius 1 is 1.35 bits per heavy atom. The Hall–Kier alpha value is -2.58. The van der Waals surface area contributed by atoms with Crippen molar-refractivity contribution in [1.29, 1.82) is 0 Å². The third-order valence-electron chi connectivity index (χ3n) is 3.60. The Kier molecular flexibility index (Phi) is 4.45. The monoisotopic (exact) mass is 308 g/mol. The molecule has 3 rings (SSSR count). The summed E-state index contributed by atoms with van der Waals surface area (Å²) in [6.45, 7) is 5.58. The number of aromatic nitrogens is 4. The minimum absolute atomic E-state index is 0.326. The lowest BCUT2D eigenvalue weighted by Gasteiger charge is -2.03. The predicted octanol–water partition coefficient (Wildman–Crippen LogP) is 3.08. The van der Waals surface area contributed by atoms with Crippen molar-refractivity contribution in [3.05, 3.63) is 36.5 Å². The number of aromatic amines is 1. The molecule has 23 heavy (non-hydrogen) atoms. The Labute approximate surface area is 135 Å². The van der Waals surface area contributed by atoms with E-state index in [1.807, 2.05) is 18.6 Å². The molecule has 0 aromatic carbocycles. The van der Waals surface area contributed by atoms with Crippen molar-refractivity contribution in [3.63, 3.8) is 0 Å². The lowest BCUT2D eigenvalue weighted by Crippen LogP contribution is -2.02.